The summed E-state index contributed by atoms with van der Waals surface area (Å²) in [6.07, 6.45) is -4.77. The second kappa shape index (κ2) is 6.54. The molecule has 0 N–H and O–H groups in total. The van der Waals surface area contributed by atoms with Crippen molar-refractivity contribution in [1.29, 1.82) is 0 Å². The van der Waals surface area contributed by atoms with Crippen molar-refractivity contribution in [3.05, 3.63) is 0 Å². The maximum atomic E-state index is 11.6. The van der Waals surface area contributed by atoms with Crippen LogP contribution < -0.4 is 0 Å². The second-order valence-electron chi connectivity index (χ2n) is 3.08. The van der Waals surface area contributed by atoms with Crippen molar-refractivity contribution in [2.24, 2.45) is 5.92 Å². The van der Waals surface area contributed by atoms with Gasteiger partial charge in [-0.3, -0.25) is 0 Å². The van der Waals surface area contributed by atoms with Crippen molar-refractivity contribution in [3.63, 3.8) is 0 Å². The summed E-state index contributed by atoms with van der Waals surface area (Å²) in [5.41, 5.74) is 0. The number of alkyl halides is 3. The molecule has 1 atom stereocenters. The minimum Gasteiger partial charge on any atom is -0.381 e. The molecule has 13 heavy (non-hydrogen) atoms. The molecule has 0 aliphatic rings. The van der Waals surface area contributed by atoms with Crippen LogP contribution in [0.25, 0.3) is 0 Å². The lowest BCUT2D eigenvalue weighted by atomic mass is 10.2. The number of hydrogen-bond donors (Lipinski definition) is 1. The lowest BCUT2D eigenvalue weighted by molar-refractivity contribution is -0.138. The van der Waals surface area contributed by atoms with Crippen LogP contribution in [-0.2, 0) is 4.74 Å². The number of rotatable bonds is 6. The summed E-state index contributed by atoms with van der Waals surface area (Å²) in [7, 11) is 0. The van der Waals surface area contributed by atoms with Gasteiger partial charge in [0.1, 0.15) is 0 Å². The van der Waals surface area contributed by atoms with E-state index in [4.69, 9.17) is 4.74 Å². The summed E-state index contributed by atoms with van der Waals surface area (Å²) in [4.78, 5) is 0. The molecule has 0 bridgehead atoms. The van der Waals surface area contributed by atoms with Crippen LogP contribution in [0, 0.1) is 5.92 Å². The molecule has 80 valence electrons. The van der Waals surface area contributed by atoms with E-state index >= 15 is 0 Å². The second-order valence-corrected chi connectivity index (χ2v) is 3.45. The fourth-order valence-corrected chi connectivity index (χ4v) is 0.817. The molecule has 0 aromatic carbocycles. The Morgan fingerprint density at radius 1 is 1.38 bits per heavy atom. The fraction of sp³-hybridized carbons (Fsp3) is 1.00. The van der Waals surface area contributed by atoms with E-state index in [2.05, 4.69) is 12.6 Å². The van der Waals surface area contributed by atoms with E-state index in [0.717, 1.165) is 0 Å². The van der Waals surface area contributed by atoms with Crippen LogP contribution in [0.4, 0.5) is 13.2 Å². The minimum atomic E-state index is -4.06. The van der Waals surface area contributed by atoms with Crippen molar-refractivity contribution < 1.29 is 17.9 Å². The zero-order chi connectivity index (χ0) is 10.3. The highest BCUT2D eigenvalue weighted by atomic mass is 32.1. The van der Waals surface area contributed by atoms with Gasteiger partial charge in [0, 0.05) is 19.6 Å². The zero-order valence-corrected chi connectivity index (χ0v) is 8.50. The van der Waals surface area contributed by atoms with Crippen molar-refractivity contribution in [2.45, 2.75) is 25.9 Å². The Labute approximate surface area is 82.1 Å². The predicted octanol–water partition coefficient (Wildman–Crippen LogP) is 2.91. The van der Waals surface area contributed by atoms with E-state index in [-0.39, 0.29) is 13.0 Å². The first-order chi connectivity index (χ1) is 5.95. The number of ether oxygens (including phenoxy) is 1. The summed E-state index contributed by atoms with van der Waals surface area (Å²) in [5.74, 6) is 0.994. The molecular weight excluding hydrogens is 201 g/mol. The standard InChI is InChI=1S/C8H15F3OS/c1-7(6-13)5-12-4-2-3-8(9,10)11/h7,13H,2-6H2,1H3. The van der Waals surface area contributed by atoms with Gasteiger partial charge < -0.3 is 4.74 Å². The maximum Gasteiger partial charge on any atom is 0.389 e. The molecule has 5 heteroatoms. The lowest BCUT2D eigenvalue weighted by Gasteiger charge is -2.09. The SMILES string of the molecule is CC(CS)COCCCC(F)(F)F. The van der Waals surface area contributed by atoms with Gasteiger partial charge in [0.15, 0.2) is 0 Å². The normalized spacial score (nSPS) is 14.5. The Balaban J connectivity index is 3.18. The Hall–Kier alpha value is 0.100. The smallest absolute Gasteiger partial charge is 0.381 e. The summed E-state index contributed by atoms with van der Waals surface area (Å²) < 4.78 is 40.0. The Kier molecular flexibility index (Phi) is 6.59. The molecule has 0 aromatic heterocycles. The predicted molar refractivity (Wildman–Crippen MR) is 49.1 cm³/mol. The van der Waals surface area contributed by atoms with Crippen molar-refractivity contribution in [3.8, 4) is 0 Å². The van der Waals surface area contributed by atoms with Crippen LogP contribution in [0.3, 0.4) is 0 Å². The third-order valence-corrected chi connectivity index (χ3v) is 2.09. The summed E-state index contributed by atoms with van der Waals surface area (Å²) in [6.45, 7) is 2.61. The van der Waals surface area contributed by atoms with E-state index < -0.39 is 12.6 Å². The molecular formula is C8H15F3OS. The Morgan fingerprint density at radius 2 is 2.00 bits per heavy atom. The third kappa shape index (κ3) is 10.0. The van der Waals surface area contributed by atoms with E-state index in [1.165, 1.54) is 0 Å². The minimum absolute atomic E-state index is 0.0444. The van der Waals surface area contributed by atoms with Crippen LogP contribution in [-0.4, -0.2) is 25.1 Å². The Bertz CT molecular complexity index is 127. The first-order valence-corrected chi connectivity index (χ1v) is 4.84. The van der Waals surface area contributed by atoms with E-state index in [1.807, 2.05) is 6.92 Å². The highest BCUT2D eigenvalue weighted by Gasteiger charge is 2.25. The van der Waals surface area contributed by atoms with Crippen LogP contribution in [0.5, 0.6) is 0 Å². The molecule has 0 radical (unpaired) electrons. The van der Waals surface area contributed by atoms with Crippen LogP contribution >= 0.6 is 12.6 Å². The molecule has 1 nitrogen and oxygen atoms in total. The quantitative estimate of drug-likeness (QED) is 0.530. The molecule has 0 heterocycles. The summed E-state index contributed by atoms with van der Waals surface area (Å²) in [5, 5.41) is 0. The van der Waals surface area contributed by atoms with Crippen LogP contribution in [0.2, 0.25) is 0 Å². The molecule has 0 spiro atoms. The van der Waals surface area contributed by atoms with Gasteiger partial charge in [-0.05, 0) is 18.1 Å². The number of hydrogen-bond acceptors (Lipinski definition) is 2. The van der Waals surface area contributed by atoms with Gasteiger partial charge in [0.25, 0.3) is 0 Å². The highest BCUT2D eigenvalue weighted by molar-refractivity contribution is 7.80. The molecule has 0 aromatic rings. The molecule has 1 unspecified atom stereocenters. The van der Waals surface area contributed by atoms with E-state index in [1.54, 1.807) is 0 Å². The van der Waals surface area contributed by atoms with Crippen molar-refractivity contribution >= 4 is 12.6 Å². The zero-order valence-electron chi connectivity index (χ0n) is 7.60. The fourth-order valence-electron chi connectivity index (χ4n) is 0.712. The average Bonchev–Trinajstić information content (AvgIpc) is 2.01. The molecule has 0 saturated carbocycles. The van der Waals surface area contributed by atoms with Gasteiger partial charge in [0.05, 0.1) is 0 Å². The molecule has 0 aliphatic heterocycles. The van der Waals surface area contributed by atoms with Gasteiger partial charge in [-0.2, -0.15) is 25.8 Å². The van der Waals surface area contributed by atoms with Crippen molar-refractivity contribution in [2.75, 3.05) is 19.0 Å². The largest absolute Gasteiger partial charge is 0.389 e. The van der Waals surface area contributed by atoms with Crippen LogP contribution in [0.15, 0.2) is 0 Å². The van der Waals surface area contributed by atoms with E-state index in [0.29, 0.717) is 18.3 Å². The Morgan fingerprint density at radius 3 is 2.46 bits per heavy atom. The lowest BCUT2D eigenvalue weighted by Crippen LogP contribution is -2.11. The van der Waals surface area contributed by atoms with Gasteiger partial charge in [-0.1, -0.05) is 6.92 Å². The van der Waals surface area contributed by atoms with Crippen molar-refractivity contribution in [1.82, 2.24) is 0 Å². The first-order valence-electron chi connectivity index (χ1n) is 4.21. The third-order valence-electron chi connectivity index (χ3n) is 1.46. The van der Waals surface area contributed by atoms with Crippen LogP contribution in [0.1, 0.15) is 19.8 Å². The van der Waals surface area contributed by atoms with E-state index in [9.17, 15) is 13.2 Å². The topological polar surface area (TPSA) is 9.23 Å². The van der Waals surface area contributed by atoms with Gasteiger partial charge in [0.2, 0.25) is 0 Å². The molecule has 0 fully saturated rings. The molecule has 0 aliphatic carbocycles. The summed E-state index contributed by atoms with van der Waals surface area (Å²) in [6, 6.07) is 0. The van der Waals surface area contributed by atoms with Gasteiger partial charge in [-0.25, -0.2) is 0 Å². The number of thiol groups is 1. The van der Waals surface area contributed by atoms with Gasteiger partial charge >= 0.3 is 6.18 Å². The molecule has 0 rings (SSSR count). The summed E-state index contributed by atoms with van der Waals surface area (Å²) >= 11 is 4.03. The molecule has 0 saturated heterocycles. The monoisotopic (exact) mass is 216 g/mol. The first kappa shape index (κ1) is 13.1. The van der Waals surface area contributed by atoms with Gasteiger partial charge in [-0.15, -0.1) is 0 Å². The highest BCUT2D eigenvalue weighted by Crippen LogP contribution is 2.21. The number of halogens is 3. The average molecular weight is 216 g/mol. The molecule has 0 amide bonds. The maximum absolute atomic E-state index is 11.6.